The Labute approximate surface area is 119 Å². The van der Waals surface area contributed by atoms with Gasteiger partial charge in [0.1, 0.15) is 23.1 Å². The van der Waals surface area contributed by atoms with Gasteiger partial charge in [-0.2, -0.15) is 0 Å². The molecule has 2 N–H and O–H groups in total. The van der Waals surface area contributed by atoms with Gasteiger partial charge in [0.15, 0.2) is 0 Å². The van der Waals surface area contributed by atoms with Crippen molar-refractivity contribution in [2.45, 2.75) is 38.8 Å². The van der Waals surface area contributed by atoms with Crippen LogP contribution in [0.1, 0.15) is 27.2 Å². The fourth-order valence-electron chi connectivity index (χ4n) is 2.66. The van der Waals surface area contributed by atoms with Crippen molar-refractivity contribution in [1.82, 2.24) is 0 Å². The van der Waals surface area contributed by atoms with E-state index in [1.54, 1.807) is 0 Å². The lowest BCUT2D eigenvalue weighted by molar-refractivity contribution is -0.142. The van der Waals surface area contributed by atoms with Gasteiger partial charge >= 0.3 is 5.97 Å². The number of hydrogen-bond donors (Lipinski definition) is 1. The first-order chi connectivity index (χ1) is 9.39. The number of nitrogens with zero attached hydrogens (tertiary/aromatic N) is 1. The molecule has 1 aromatic carbocycles. The highest BCUT2D eigenvalue weighted by atomic mass is 16.5. The molecule has 2 rings (SSSR count). The van der Waals surface area contributed by atoms with Crippen molar-refractivity contribution in [3.8, 4) is 5.75 Å². The van der Waals surface area contributed by atoms with Crippen LogP contribution in [0, 0.1) is 0 Å². The van der Waals surface area contributed by atoms with Crippen LogP contribution < -0.4 is 15.4 Å². The van der Waals surface area contributed by atoms with Gasteiger partial charge in [0, 0.05) is 0 Å². The minimum Gasteiger partial charge on any atom is -0.484 e. The van der Waals surface area contributed by atoms with E-state index in [-0.39, 0.29) is 17.6 Å². The second kappa shape index (κ2) is 5.23. The minimum absolute atomic E-state index is 0.251. The zero-order valence-corrected chi connectivity index (χ0v) is 12.5. The number of carbonyl (C=O) groups is 1. The maximum absolute atomic E-state index is 12.0. The Morgan fingerprint density at radius 1 is 1.55 bits per heavy atom. The van der Waals surface area contributed by atoms with E-state index >= 15 is 0 Å². The number of nitrogens with two attached hydrogens (primary N) is 1. The first kappa shape index (κ1) is 14.5. The number of anilines is 2. The number of carbonyl (C=O) groups excluding carboxylic acids is 1. The van der Waals surface area contributed by atoms with Crippen molar-refractivity contribution in [1.29, 1.82) is 0 Å². The second-order valence-electron chi connectivity index (χ2n) is 5.63. The van der Waals surface area contributed by atoms with E-state index in [1.165, 1.54) is 7.11 Å². The Kier molecular flexibility index (Phi) is 3.79. The van der Waals surface area contributed by atoms with Gasteiger partial charge < -0.3 is 20.1 Å². The number of nitrogen functional groups attached to an aromatic ring is 1. The summed E-state index contributed by atoms with van der Waals surface area (Å²) in [4.78, 5) is 14.0. The summed E-state index contributed by atoms with van der Waals surface area (Å²) in [5, 5.41) is 0. The molecule has 1 atom stereocenters. The number of rotatable bonds is 3. The Morgan fingerprint density at radius 3 is 2.85 bits per heavy atom. The molecule has 0 fully saturated rings. The Bertz CT molecular complexity index is 514. The summed E-state index contributed by atoms with van der Waals surface area (Å²) in [5.74, 6) is 0.461. The molecule has 1 aliphatic heterocycles. The molecule has 1 aliphatic rings. The molecule has 0 saturated heterocycles. The molecule has 0 aliphatic carbocycles. The maximum atomic E-state index is 12.0. The van der Waals surface area contributed by atoms with Crippen LogP contribution in [-0.2, 0) is 9.53 Å². The highest BCUT2D eigenvalue weighted by Crippen LogP contribution is 2.42. The molecular weight excluding hydrogens is 256 g/mol. The highest BCUT2D eigenvalue weighted by Gasteiger charge is 2.38. The first-order valence-electron chi connectivity index (χ1n) is 6.81. The summed E-state index contributed by atoms with van der Waals surface area (Å²) in [7, 11) is 1.41. The van der Waals surface area contributed by atoms with E-state index in [0.717, 1.165) is 5.69 Å². The number of hydrogen-bond acceptors (Lipinski definition) is 5. The number of ether oxygens (including phenoxy) is 2. The fourth-order valence-corrected chi connectivity index (χ4v) is 2.66. The maximum Gasteiger partial charge on any atom is 0.328 e. The van der Waals surface area contributed by atoms with Crippen LogP contribution in [0.4, 0.5) is 11.4 Å². The summed E-state index contributed by atoms with van der Waals surface area (Å²) < 4.78 is 10.9. The third-order valence-corrected chi connectivity index (χ3v) is 3.49. The van der Waals surface area contributed by atoms with Crippen LogP contribution in [-0.4, -0.2) is 31.3 Å². The van der Waals surface area contributed by atoms with Gasteiger partial charge in [-0.3, -0.25) is 0 Å². The molecule has 110 valence electrons. The Morgan fingerprint density at radius 2 is 2.25 bits per heavy atom. The number of benzene rings is 1. The monoisotopic (exact) mass is 278 g/mol. The normalized spacial score (nSPS) is 17.9. The van der Waals surface area contributed by atoms with E-state index in [4.69, 9.17) is 15.2 Å². The average molecular weight is 278 g/mol. The van der Waals surface area contributed by atoms with E-state index in [2.05, 4.69) is 0 Å². The van der Waals surface area contributed by atoms with Crippen molar-refractivity contribution < 1.29 is 14.3 Å². The predicted molar refractivity (Wildman–Crippen MR) is 79.0 cm³/mol. The van der Waals surface area contributed by atoms with Crippen molar-refractivity contribution >= 4 is 17.3 Å². The summed E-state index contributed by atoms with van der Waals surface area (Å²) in [5.41, 5.74) is 7.09. The van der Waals surface area contributed by atoms with Gasteiger partial charge in [-0.25, -0.2) is 4.79 Å². The van der Waals surface area contributed by atoms with Crippen molar-refractivity contribution in [2.24, 2.45) is 0 Å². The topological polar surface area (TPSA) is 64.8 Å². The van der Waals surface area contributed by atoms with Gasteiger partial charge in [-0.15, -0.1) is 0 Å². The second-order valence-corrected chi connectivity index (χ2v) is 5.63. The number of methoxy groups -OCH3 is 1. The van der Waals surface area contributed by atoms with Crippen LogP contribution in [0.2, 0.25) is 0 Å². The summed E-state index contributed by atoms with van der Waals surface area (Å²) in [6, 6.07) is 5.19. The fraction of sp³-hybridized carbons (Fsp3) is 0.533. The lowest BCUT2D eigenvalue weighted by Gasteiger charge is -2.44. The first-order valence-corrected chi connectivity index (χ1v) is 6.81. The van der Waals surface area contributed by atoms with Gasteiger partial charge in [-0.1, -0.05) is 13.0 Å². The summed E-state index contributed by atoms with van der Waals surface area (Å²) in [6.07, 6.45) is 0.649. The molecule has 0 spiro atoms. The molecule has 5 heteroatoms. The van der Waals surface area contributed by atoms with Crippen molar-refractivity contribution in [2.75, 3.05) is 24.3 Å². The summed E-state index contributed by atoms with van der Waals surface area (Å²) >= 11 is 0. The zero-order chi connectivity index (χ0) is 14.9. The van der Waals surface area contributed by atoms with Crippen LogP contribution in [0.25, 0.3) is 0 Å². The van der Waals surface area contributed by atoms with Crippen LogP contribution in [0.5, 0.6) is 5.75 Å². The minimum atomic E-state index is -0.387. The van der Waals surface area contributed by atoms with E-state index < -0.39 is 0 Å². The van der Waals surface area contributed by atoms with Crippen LogP contribution in [0.3, 0.4) is 0 Å². The van der Waals surface area contributed by atoms with E-state index in [9.17, 15) is 4.79 Å². The molecule has 0 saturated carbocycles. The zero-order valence-electron chi connectivity index (χ0n) is 12.5. The molecule has 5 nitrogen and oxygen atoms in total. The Hall–Kier alpha value is -1.91. The molecule has 0 radical (unpaired) electrons. The predicted octanol–water partition coefficient (Wildman–Crippen LogP) is 2.20. The molecule has 1 unspecified atom stereocenters. The SMILES string of the molecule is CCC(C(=O)OC)N1CC(C)(C)Oc2cccc(N)c21. The van der Waals surface area contributed by atoms with Gasteiger partial charge in [-0.05, 0) is 32.4 Å². The van der Waals surface area contributed by atoms with E-state index in [0.29, 0.717) is 24.4 Å². The number of esters is 1. The van der Waals surface area contributed by atoms with Gasteiger partial charge in [0.25, 0.3) is 0 Å². The largest absolute Gasteiger partial charge is 0.484 e. The smallest absolute Gasteiger partial charge is 0.328 e. The van der Waals surface area contributed by atoms with E-state index in [1.807, 2.05) is 43.9 Å². The quantitative estimate of drug-likeness (QED) is 0.678. The standard InChI is InChI=1S/C15H22N2O3/c1-5-11(14(18)19-4)17-9-15(2,3)20-12-8-6-7-10(16)13(12)17/h6-8,11H,5,9,16H2,1-4H3. The van der Waals surface area contributed by atoms with Gasteiger partial charge in [0.2, 0.25) is 0 Å². The van der Waals surface area contributed by atoms with Crippen LogP contribution in [0.15, 0.2) is 18.2 Å². The molecule has 1 aromatic rings. The highest BCUT2D eigenvalue weighted by molar-refractivity contribution is 5.85. The third kappa shape index (κ3) is 2.53. The third-order valence-electron chi connectivity index (χ3n) is 3.49. The molecule has 1 heterocycles. The van der Waals surface area contributed by atoms with Crippen molar-refractivity contribution in [3.63, 3.8) is 0 Å². The molecule has 0 bridgehead atoms. The molecular formula is C15H22N2O3. The molecule has 0 aromatic heterocycles. The van der Waals surface area contributed by atoms with Crippen LogP contribution >= 0.6 is 0 Å². The Balaban J connectivity index is 2.50. The molecule has 0 amide bonds. The lowest BCUT2D eigenvalue weighted by atomic mass is 10.0. The summed E-state index contributed by atoms with van der Waals surface area (Å²) in [6.45, 7) is 6.54. The van der Waals surface area contributed by atoms with Crippen molar-refractivity contribution in [3.05, 3.63) is 18.2 Å². The van der Waals surface area contributed by atoms with Gasteiger partial charge in [0.05, 0.1) is 19.3 Å². The lowest BCUT2D eigenvalue weighted by Crippen LogP contribution is -2.53. The average Bonchev–Trinajstić information content (AvgIpc) is 2.37. The molecule has 20 heavy (non-hydrogen) atoms. The number of fused-ring (bicyclic) bond motifs is 1. The number of para-hydroxylation sites is 1.